The van der Waals surface area contributed by atoms with Crippen molar-refractivity contribution in [2.45, 2.75) is 25.7 Å². The Balaban J connectivity index is 0.000000327. The first-order chi connectivity index (χ1) is 17.2. The van der Waals surface area contributed by atoms with E-state index in [4.69, 9.17) is 15.7 Å². The van der Waals surface area contributed by atoms with Crippen molar-refractivity contribution in [1.82, 2.24) is 14.5 Å². The highest BCUT2D eigenvalue weighted by molar-refractivity contribution is 7.88. The van der Waals surface area contributed by atoms with Crippen molar-refractivity contribution in [3.63, 3.8) is 0 Å². The molecule has 0 bridgehead atoms. The highest BCUT2D eigenvalue weighted by atomic mass is 32.2. The molecule has 2 saturated heterocycles. The van der Waals surface area contributed by atoms with Gasteiger partial charge in [0.05, 0.1) is 23.6 Å². The van der Waals surface area contributed by atoms with Crippen LogP contribution in [0, 0.1) is 0 Å². The minimum Gasteiger partial charge on any atom is -0.399 e. The van der Waals surface area contributed by atoms with Crippen molar-refractivity contribution < 1.29 is 16.8 Å². The van der Waals surface area contributed by atoms with Gasteiger partial charge in [0.25, 0.3) is 0 Å². The molecule has 0 amide bonds. The summed E-state index contributed by atoms with van der Waals surface area (Å²) in [5, 5.41) is 9.80. The van der Waals surface area contributed by atoms with Crippen LogP contribution in [0.3, 0.4) is 0 Å². The number of hydrogen-bond donors (Lipinski definition) is 3. The van der Waals surface area contributed by atoms with Crippen LogP contribution < -0.4 is 25.8 Å². The maximum absolute atomic E-state index is 9.41. The van der Waals surface area contributed by atoms with E-state index in [2.05, 4.69) is 49.9 Å². The monoisotopic (exact) mass is 552 g/mol. The summed E-state index contributed by atoms with van der Waals surface area (Å²) in [6.45, 7) is 4.27. The zero-order valence-electron chi connectivity index (χ0n) is 21.5. The highest BCUT2D eigenvalue weighted by Gasteiger charge is 2.24. The third-order valence-electron chi connectivity index (χ3n) is 5.85. The molecule has 0 spiro atoms. The summed E-state index contributed by atoms with van der Waals surface area (Å²) < 4.78 is 39.8. The lowest BCUT2D eigenvalue weighted by Gasteiger charge is -2.21. The second-order valence-electron chi connectivity index (χ2n) is 9.34. The van der Waals surface area contributed by atoms with Crippen LogP contribution in [-0.2, 0) is 27.1 Å². The number of anilines is 3. The fourth-order valence-corrected chi connectivity index (χ4v) is 4.33. The van der Waals surface area contributed by atoms with E-state index in [-0.39, 0.29) is 0 Å². The summed E-state index contributed by atoms with van der Waals surface area (Å²) in [6.07, 6.45) is 6.80. The van der Waals surface area contributed by atoms with Crippen molar-refractivity contribution in [1.29, 1.82) is 0 Å². The molecule has 12 nitrogen and oxygen atoms in total. The second-order valence-corrected chi connectivity index (χ2v) is 12.7. The molecular formula is C23H36N8O4S2. The van der Waals surface area contributed by atoms with Crippen LogP contribution in [0.4, 0.5) is 17.5 Å². The minimum absolute atomic E-state index is 0.784. The molecule has 2 aliphatic heterocycles. The average molecular weight is 553 g/mol. The van der Waals surface area contributed by atoms with Crippen LogP contribution in [0.25, 0.3) is 22.3 Å². The van der Waals surface area contributed by atoms with Gasteiger partial charge in [-0.15, -0.1) is 0 Å². The lowest BCUT2D eigenvalue weighted by atomic mass is 10.1. The fourth-order valence-electron chi connectivity index (χ4n) is 4.33. The van der Waals surface area contributed by atoms with Gasteiger partial charge in [-0.05, 0) is 49.4 Å². The Bertz CT molecular complexity index is 1380. The lowest BCUT2D eigenvalue weighted by Crippen LogP contribution is -2.24. The van der Waals surface area contributed by atoms with E-state index in [0.717, 1.165) is 78.4 Å². The van der Waals surface area contributed by atoms with E-state index >= 15 is 0 Å². The number of benzene rings is 1. The van der Waals surface area contributed by atoms with E-state index in [1.165, 1.54) is 25.7 Å². The van der Waals surface area contributed by atoms with Gasteiger partial charge in [0.15, 0.2) is 0 Å². The Morgan fingerprint density at radius 1 is 0.784 bits per heavy atom. The quantitative estimate of drug-likeness (QED) is 0.402. The van der Waals surface area contributed by atoms with Crippen LogP contribution in [0.5, 0.6) is 0 Å². The van der Waals surface area contributed by atoms with Gasteiger partial charge in [0, 0.05) is 38.9 Å². The smallest absolute Gasteiger partial charge is 0.229 e. The first-order valence-electron chi connectivity index (χ1n) is 11.9. The number of nitrogens with two attached hydrogens (primary N) is 3. The van der Waals surface area contributed by atoms with Crippen molar-refractivity contribution in [3.05, 3.63) is 30.3 Å². The Morgan fingerprint density at radius 3 is 1.73 bits per heavy atom. The van der Waals surface area contributed by atoms with E-state index in [0.29, 0.717) is 0 Å². The van der Waals surface area contributed by atoms with E-state index in [1.807, 2.05) is 12.1 Å². The van der Waals surface area contributed by atoms with Crippen LogP contribution in [0.1, 0.15) is 25.7 Å². The molecule has 0 aliphatic carbocycles. The Hall–Kier alpha value is -2.94. The summed E-state index contributed by atoms with van der Waals surface area (Å²) in [6, 6.07) is 10.3. The first kappa shape index (κ1) is 28.6. The average Bonchev–Trinajstić information content (AvgIpc) is 3.54. The fraction of sp³-hybridized carbons (Fsp3) is 0.478. The number of primary sulfonamides is 2. The molecule has 4 heterocycles. The van der Waals surface area contributed by atoms with E-state index < -0.39 is 20.0 Å². The van der Waals surface area contributed by atoms with E-state index in [9.17, 15) is 16.8 Å². The molecule has 204 valence electrons. The molecule has 0 radical (unpaired) electrons. The van der Waals surface area contributed by atoms with Crippen LogP contribution in [-0.4, -0.2) is 70.1 Å². The van der Waals surface area contributed by atoms with Gasteiger partial charge in [-0.2, -0.15) is 9.97 Å². The first-order valence-corrected chi connectivity index (χ1v) is 15.8. The zero-order chi connectivity index (χ0) is 27.4. The summed E-state index contributed by atoms with van der Waals surface area (Å²) in [4.78, 5) is 14.8. The van der Waals surface area contributed by atoms with Crippen LogP contribution >= 0.6 is 0 Å². The largest absolute Gasteiger partial charge is 0.399 e. The Kier molecular flexibility index (Phi) is 9.00. The third-order valence-corrected chi connectivity index (χ3v) is 5.85. The second kappa shape index (κ2) is 11.6. The molecule has 37 heavy (non-hydrogen) atoms. The molecule has 0 unspecified atom stereocenters. The van der Waals surface area contributed by atoms with Gasteiger partial charge in [0.2, 0.25) is 26.0 Å². The number of hydrogen-bond acceptors (Lipinski definition) is 9. The number of aromatic nitrogens is 3. The predicted molar refractivity (Wildman–Crippen MR) is 149 cm³/mol. The number of nitrogen functional groups attached to an aromatic ring is 1. The van der Waals surface area contributed by atoms with Crippen molar-refractivity contribution in [3.8, 4) is 11.3 Å². The predicted octanol–water partition coefficient (Wildman–Crippen LogP) is 1.23. The molecule has 2 aliphatic rings. The Morgan fingerprint density at radius 2 is 1.24 bits per heavy atom. The normalized spacial score (nSPS) is 15.8. The SMILES string of the molecule is CS(N)(=O)=O.CS(N)(=O)=O.Cn1c(-c2ccc(N)cc2)cc2c(N3CCCC3)nc(N3CCCC3)nc21. The minimum atomic E-state index is -3.17. The van der Waals surface area contributed by atoms with Gasteiger partial charge < -0.3 is 20.1 Å². The van der Waals surface area contributed by atoms with Gasteiger partial charge >= 0.3 is 0 Å². The molecule has 2 aromatic heterocycles. The number of rotatable bonds is 3. The van der Waals surface area contributed by atoms with Gasteiger partial charge in [-0.25, -0.2) is 27.1 Å². The zero-order valence-corrected chi connectivity index (χ0v) is 23.1. The highest BCUT2D eigenvalue weighted by Crippen LogP contribution is 2.35. The summed E-state index contributed by atoms with van der Waals surface area (Å²) in [5.74, 6) is 1.98. The van der Waals surface area contributed by atoms with Gasteiger partial charge in [0.1, 0.15) is 11.5 Å². The number of sulfonamides is 2. The standard InChI is InChI=1S/C21H26N6.2CH5NO2S/c1-25-18(15-6-8-16(22)9-7-15)14-17-19(25)23-21(27-12-4-5-13-27)24-20(17)26-10-2-3-11-26;2*1-5(2,3)4/h6-9,14H,2-5,10-13,22H2,1H3;2*1H3,(H2,2,3,4). The van der Waals surface area contributed by atoms with Crippen LogP contribution in [0.15, 0.2) is 30.3 Å². The third kappa shape index (κ3) is 8.55. The molecule has 6 N–H and O–H groups in total. The molecule has 3 aromatic rings. The number of fused-ring (bicyclic) bond motifs is 1. The van der Waals surface area contributed by atoms with Gasteiger partial charge in [-0.3, -0.25) is 0 Å². The van der Waals surface area contributed by atoms with E-state index in [1.54, 1.807) is 0 Å². The van der Waals surface area contributed by atoms with Crippen molar-refractivity contribution >= 4 is 48.5 Å². The molecule has 2 fully saturated rings. The molecule has 14 heteroatoms. The Labute approximate surface area is 218 Å². The summed E-state index contributed by atoms with van der Waals surface area (Å²) in [5.41, 5.74) is 9.98. The van der Waals surface area contributed by atoms with Crippen LogP contribution in [0.2, 0.25) is 0 Å². The number of nitrogens with zero attached hydrogens (tertiary/aromatic N) is 5. The molecule has 5 rings (SSSR count). The summed E-state index contributed by atoms with van der Waals surface area (Å²) >= 11 is 0. The van der Waals surface area contributed by atoms with Crippen molar-refractivity contribution in [2.24, 2.45) is 17.3 Å². The lowest BCUT2D eigenvalue weighted by molar-refractivity contribution is 0.601. The van der Waals surface area contributed by atoms with Crippen molar-refractivity contribution in [2.75, 3.05) is 54.2 Å². The number of aryl methyl sites for hydroxylation is 1. The van der Waals surface area contributed by atoms with Gasteiger partial charge in [-0.1, -0.05) is 12.1 Å². The molecule has 0 atom stereocenters. The summed E-state index contributed by atoms with van der Waals surface area (Å²) in [7, 11) is -4.23. The maximum Gasteiger partial charge on any atom is 0.229 e. The topological polar surface area (TPSA) is 184 Å². The molecule has 0 saturated carbocycles. The maximum atomic E-state index is 9.41. The molecular weight excluding hydrogens is 516 g/mol. The molecule has 1 aromatic carbocycles.